The van der Waals surface area contributed by atoms with E-state index in [4.69, 9.17) is 32.8 Å². The summed E-state index contributed by atoms with van der Waals surface area (Å²) in [6, 6.07) is 13.7. The second-order valence-electron chi connectivity index (χ2n) is 6.05. The number of nitrogens with one attached hydrogen (secondary N) is 2. The van der Waals surface area contributed by atoms with Crippen LogP contribution >= 0.6 is 0 Å². The first-order chi connectivity index (χ1) is 12.3. The van der Waals surface area contributed by atoms with Crippen molar-refractivity contribution in [1.29, 1.82) is 10.8 Å². The minimum atomic E-state index is -1.30. The summed E-state index contributed by atoms with van der Waals surface area (Å²) in [5.41, 5.74) is 17.8. The van der Waals surface area contributed by atoms with Crippen LogP contribution in [0.5, 0.6) is 0 Å². The van der Waals surface area contributed by atoms with E-state index in [2.05, 4.69) is 0 Å². The van der Waals surface area contributed by atoms with Crippen LogP contribution in [0, 0.1) is 10.8 Å². The van der Waals surface area contributed by atoms with Crippen LogP contribution < -0.4 is 17.2 Å². The maximum Gasteiger partial charge on any atom is 0.266 e. The van der Waals surface area contributed by atoms with Crippen LogP contribution in [0.1, 0.15) is 28.7 Å². The summed E-state index contributed by atoms with van der Waals surface area (Å²) >= 11 is 0. The first-order valence-corrected chi connectivity index (χ1v) is 7.92. The number of primary amides is 1. The number of benzene rings is 2. The molecule has 1 heterocycles. The number of hydrogen-bond acceptors (Lipinski definition) is 4. The summed E-state index contributed by atoms with van der Waals surface area (Å²) in [5.74, 6) is -0.134. The zero-order valence-corrected chi connectivity index (χ0v) is 14.0. The molecule has 1 atom stereocenters. The highest BCUT2D eigenvalue weighted by molar-refractivity contribution is 5.96. The van der Waals surface area contributed by atoms with Gasteiger partial charge in [0.05, 0.1) is 0 Å². The molecule has 7 nitrogen and oxygen atoms in total. The van der Waals surface area contributed by atoms with Gasteiger partial charge in [0.2, 0.25) is 5.60 Å². The molecule has 1 unspecified atom stereocenters. The number of rotatable bonds is 5. The summed E-state index contributed by atoms with van der Waals surface area (Å²) in [4.78, 5) is 12.2. The lowest BCUT2D eigenvalue weighted by molar-refractivity contribution is -0.135. The first-order valence-electron chi connectivity index (χ1n) is 7.92. The molecule has 1 amide bonds. The molecule has 0 saturated heterocycles. The van der Waals surface area contributed by atoms with Gasteiger partial charge in [-0.05, 0) is 6.08 Å². The van der Waals surface area contributed by atoms with Crippen LogP contribution in [0.3, 0.4) is 0 Å². The molecule has 0 radical (unpaired) electrons. The molecule has 0 aliphatic carbocycles. The van der Waals surface area contributed by atoms with Gasteiger partial charge in [-0.15, -0.1) is 0 Å². The number of amides is 1. The Hall–Kier alpha value is -3.61. The van der Waals surface area contributed by atoms with Crippen LogP contribution in [-0.4, -0.2) is 17.6 Å². The zero-order chi connectivity index (χ0) is 18.9. The normalized spacial score (nSPS) is 18.7. The van der Waals surface area contributed by atoms with Crippen molar-refractivity contribution in [1.82, 2.24) is 0 Å². The maximum atomic E-state index is 12.2. The van der Waals surface area contributed by atoms with Gasteiger partial charge >= 0.3 is 0 Å². The van der Waals surface area contributed by atoms with E-state index in [9.17, 15) is 4.79 Å². The third-order valence-corrected chi connectivity index (χ3v) is 4.40. The number of carbonyl (C=O) groups is 1. The lowest BCUT2D eigenvalue weighted by Gasteiger charge is -2.27. The minimum Gasteiger partial charge on any atom is -0.472 e. The Morgan fingerprint density at radius 3 is 1.85 bits per heavy atom. The molecule has 1 aliphatic rings. The molecule has 8 N–H and O–H groups in total. The molecular weight excluding hydrogens is 330 g/mol. The SMILES string of the molecule is N=C(N)c1ccc(C2=CCC(C(N)=O)(c3ccc(C(=N)N)cc3)O2)cc1. The number of amidine groups is 2. The molecule has 0 saturated carbocycles. The quantitative estimate of drug-likeness (QED) is 0.409. The van der Waals surface area contributed by atoms with E-state index >= 15 is 0 Å². The summed E-state index contributed by atoms with van der Waals surface area (Å²) in [7, 11) is 0. The fourth-order valence-corrected chi connectivity index (χ4v) is 2.89. The molecular formula is C19H19N5O2. The van der Waals surface area contributed by atoms with Crippen molar-refractivity contribution in [3.05, 3.63) is 76.9 Å². The number of hydrogen-bond donors (Lipinski definition) is 5. The predicted octanol–water partition coefficient (Wildman–Crippen LogP) is 1.40. The largest absolute Gasteiger partial charge is 0.472 e. The van der Waals surface area contributed by atoms with E-state index in [1.807, 2.05) is 6.08 Å². The molecule has 0 bridgehead atoms. The Morgan fingerprint density at radius 2 is 1.38 bits per heavy atom. The van der Waals surface area contributed by atoms with Gasteiger partial charge in [-0.1, -0.05) is 48.5 Å². The van der Waals surface area contributed by atoms with Crippen LogP contribution in [0.4, 0.5) is 0 Å². The second kappa shape index (κ2) is 6.36. The second-order valence-corrected chi connectivity index (χ2v) is 6.05. The van der Waals surface area contributed by atoms with Gasteiger partial charge < -0.3 is 21.9 Å². The summed E-state index contributed by atoms with van der Waals surface area (Å²) in [6.07, 6.45) is 2.11. The Labute approximate surface area is 150 Å². The van der Waals surface area contributed by atoms with Gasteiger partial charge in [0.15, 0.2) is 0 Å². The number of ether oxygens (including phenoxy) is 1. The van der Waals surface area contributed by atoms with E-state index in [0.717, 1.165) is 5.56 Å². The van der Waals surface area contributed by atoms with Crippen molar-refractivity contribution in [3.63, 3.8) is 0 Å². The standard InChI is InChI=1S/C19H19N5O2/c20-16(21)12-3-1-11(2-4-12)15-9-10-19(26-15,18(24)25)14-7-5-13(6-8-14)17(22)23/h1-9H,10H2,(H3,20,21)(H3,22,23)(H2,24,25). The molecule has 7 heteroatoms. The first kappa shape index (κ1) is 17.2. The molecule has 1 aliphatic heterocycles. The van der Waals surface area contributed by atoms with Crippen molar-refractivity contribution in [2.75, 3.05) is 0 Å². The molecule has 0 spiro atoms. The summed E-state index contributed by atoms with van der Waals surface area (Å²) in [5, 5.41) is 14.9. The highest BCUT2D eigenvalue weighted by Crippen LogP contribution is 2.41. The Balaban J connectivity index is 1.90. The number of carbonyl (C=O) groups excluding carboxylic acids is 1. The van der Waals surface area contributed by atoms with Crippen LogP contribution in [0.2, 0.25) is 0 Å². The van der Waals surface area contributed by atoms with Gasteiger partial charge in [-0.2, -0.15) is 0 Å². The molecule has 26 heavy (non-hydrogen) atoms. The van der Waals surface area contributed by atoms with E-state index < -0.39 is 11.5 Å². The summed E-state index contributed by atoms with van der Waals surface area (Å²) < 4.78 is 6.00. The van der Waals surface area contributed by atoms with Gasteiger partial charge in [0.1, 0.15) is 17.4 Å². The minimum absolute atomic E-state index is 0.0186. The average molecular weight is 349 g/mol. The van der Waals surface area contributed by atoms with Crippen molar-refractivity contribution in [2.24, 2.45) is 17.2 Å². The van der Waals surface area contributed by atoms with Gasteiger partial charge in [-0.25, -0.2) is 0 Å². The van der Waals surface area contributed by atoms with Gasteiger partial charge in [0, 0.05) is 28.7 Å². The van der Waals surface area contributed by atoms with Gasteiger partial charge in [0.25, 0.3) is 5.91 Å². The third-order valence-electron chi connectivity index (χ3n) is 4.40. The predicted molar refractivity (Wildman–Crippen MR) is 99.5 cm³/mol. The number of nitrogens with two attached hydrogens (primary N) is 3. The fraction of sp³-hybridized carbons (Fsp3) is 0.105. The molecule has 3 rings (SSSR count). The van der Waals surface area contributed by atoms with Crippen LogP contribution in [0.25, 0.3) is 5.76 Å². The zero-order valence-electron chi connectivity index (χ0n) is 14.0. The Bertz CT molecular complexity index is 916. The van der Waals surface area contributed by atoms with Crippen molar-refractivity contribution in [3.8, 4) is 0 Å². The van der Waals surface area contributed by atoms with E-state index in [-0.39, 0.29) is 11.7 Å². The monoisotopic (exact) mass is 349 g/mol. The van der Waals surface area contributed by atoms with Crippen molar-refractivity contribution >= 4 is 23.3 Å². The molecule has 2 aromatic rings. The van der Waals surface area contributed by atoms with E-state index in [0.29, 0.717) is 28.9 Å². The van der Waals surface area contributed by atoms with Crippen LogP contribution in [0.15, 0.2) is 54.6 Å². The fourth-order valence-electron chi connectivity index (χ4n) is 2.89. The maximum absolute atomic E-state index is 12.2. The number of nitrogen functional groups attached to an aromatic ring is 2. The van der Waals surface area contributed by atoms with Crippen molar-refractivity contribution < 1.29 is 9.53 Å². The van der Waals surface area contributed by atoms with Crippen LogP contribution in [-0.2, 0) is 15.1 Å². The lowest BCUT2D eigenvalue weighted by atomic mass is 9.90. The third kappa shape index (κ3) is 2.90. The molecule has 2 aromatic carbocycles. The molecule has 0 aromatic heterocycles. The molecule has 132 valence electrons. The summed E-state index contributed by atoms with van der Waals surface area (Å²) in [6.45, 7) is 0. The van der Waals surface area contributed by atoms with E-state index in [1.165, 1.54) is 0 Å². The average Bonchev–Trinajstić information content (AvgIpc) is 3.08. The highest BCUT2D eigenvalue weighted by atomic mass is 16.5. The smallest absolute Gasteiger partial charge is 0.266 e. The topological polar surface area (TPSA) is 152 Å². The lowest BCUT2D eigenvalue weighted by Crippen LogP contribution is -2.41. The highest BCUT2D eigenvalue weighted by Gasteiger charge is 2.44. The van der Waals surface area contributed by atoms with Gasteiger partial charge in [-0.3, -0.25) is 15.6 Å². The molecule has 0 fully saturated rings. The Kier molecular flexibility index (Phi) is 4.21. The Morgan fingerprint density at radius 1 is 0.885 bits per heavy atom. The van der Waals surface area contributed by atoms with Crippen molar-refractivity contribution in [2.45, 2.75) is 12.0 Å². The van der Waals surface area contributed by atoms with E-state index in [1.54, 1.807) is 48.5 Å².